The highest BCUT2D eigenvalue weighted by molar-refractivity contribution is 6.03. The third-order valence-electron chi connectivity index (χ3n) is 7.54. The van der Waals surface area contributed by atoms with Crippen LogP contribution in [0.2, 0.25) is 0 Å². The number of hydrogen-bond acceptors (Lipinski definition) is 5. The molecule has 0 amide bonds. The number of rotatable bonds is 8. The minimum atomic E-state index is -0.130. The number of aryl methyl sites for hydroxylation is 1. The molecule has 2 heterocycles. The predicted molar refractivity (Wildman–Crippen MR) is 145 cm³/mol. The Hall–Kier alpha value is -3.16. The van der Waals surface area contributed by atoms with Crippen molar-refractivity contribution in [2.24, 2.45) is 7.05 Å². The van der Waals surface area contributed by atoms with Gasteiger partial charge in [-0.15, -0.1) is 0 Å². The van der Waals surface area contributed by atoms with Crippen molar-refractivity contribution in [3.8, 4) is 16.9 Å². The van der Waals surface area contributed by atoms with Crippen molar-refractivity contribution in [1.29, 1.82) is 0 Å². The second kappa shape index (κ2) is 10.4. The summed E-state index contributed by atoms with van der Waals surface area (Å²) in [6, 6.07) is 12.9. The van der Waals surface area contributed by atoms with Crippen molar-refractivity contribution >= 4 is 21.9 Å². The molecule has 2 aromatic carbocycles. The van der Waals surface area contributed by atoms with E-state index in [2.05, 4.69) is 59.3 Å². The molecule has 1 fully saturated rings. The van der Waals surface area contributed by atoms with Crippen LogP contribution in [-0.4, -0.2) is 59.9 Å². The van der Waals surface area contributed by atoms with Gasteiger partial charge in [0.1, 0.15) is 5.75 Å². The predicted octanol–water partition coefficient (Wildman–Crippen LogP) is 5.08. The molecule has 0 radical (unpaired) electrons. The van der Waals surface area contributed by atoms with Gasteiger partial charge in [0, 0.05) is 26.1 Å². The number of aromatic nitrogens is 3. The number of imidazole rings is 1. The molecule has 0 unspecified atom stereocenters. The van der Waals surface area contributed by atoms with Crippen LogP contribution in [0.15, 0.2) is 47.4 Å². The van der Waals surface area contributed by atoms with Gasteiger partial charge in [0.05, 0.1) is 35.5 Å². The number of H-pyrrole nitrogens is 1. The summed E-state index contributed by atoms with van der Waals surface area (Å²) < 4.78 is 13.5. The molecule has 0 aliphatic heterocycles. The van der Waals surface area contributed by atoms with E-state index in [9.17, 15) is 4.79 Å². The van der Waals surface area contributed by atoms with E-state index < -0.39 is 0 Å². The van der Waals surface area contributed by atoms with Gasteiger partial charge in [0.25, 0.3) is 0 Å². The molecule has 2 aromatic heterocycles. The van der Waals surface area contributed by atoms with Gasteiger partial charge in [0.2, 0.25) is 0 Å². The first kappa shape index (κ1) is 24.5. The van der Waals surface area contributed by atoms with Gasteiger partial charge in [-0.2, -0.15) is 0 Å². The van der Waals surface area contributed by atoms with Crippen LogP contribution in [-0.2, 0) is 11.8 Å². The fourth-order valence-electron chi connectivity index (χ4n) is 5.40. The van der Waals surface area contributed by atoms with Gasteiger partial charge in [-0.1, -0.05) is 12.1 Å². The molecular weight excluding hydrogens is 452 g/mol. The molecule has 1 saturated carbocycles. The van der Waals surface area contributed by atoms with Crippen molar-refractivity contribution < 1.29 is 9.47 Å². The summed E-state index contributed by atoms with van der Waals surface area (Å²) in [6.07, 6.45) is 7.46. The Bertz CT molecular complexity index is 1410. The topological polar surface area (TPSA) is 72.4 Å². The maximum atomic E-state index is 12.2. The Morgan fingerprint density at radius 1 is 1.08 bits per heavy atom. The number of pyridine rings is 1. The number of benzene rings is 2. The minimum Gasteiger partial charge on any atom is -0.493 e. The van der Waals surface area contributed by atoms with Gasteiger partial charge < -0.3 is 19.4 Å². The number of aromatic amines is 1. The van der Waals surface area contributed by atoms with Crippen molar-refractivity contribution in [2.45, 2.75) is 44.1 Å². The van der Waals surface area contributed by atoms with Crippen LogP contribution in [0.1, 0.15) is 43.6 Å². The van der Waals surface area contributed by atoms with E-state index in [-0.39, 0.29) is 5.69 Å². The molecule has 190 valence electrons. The Labute approximate surface area is 212 Å². The molecule has 0 spiro atoms. The van der Waals surface area contributed by atoms with Gasteiger partial charge in [-0.25, -0.2) is 4.79 Å². The van der Waals surface area contributed by atoms with E-state index in [1.54, 1.807) is 17.8 Å². The maximum Gasteiger partial charge on any atom is 0.326 e. The number of methoxy groups -OCH3 is 1. The largest absolute Gasteiger partial charge is 0.493 e. The first-order chi connectivity index (χ1) is 17.4. The lowest BCUT2D eigenvalue weighted by Gasteiger charge is -2.29. The van der Waals surface area contributed by atoms with E-state index in [0.717, 1.165) is 77.5 Å². The minimum absolute atomic E-state index is 0.130. The van der Waals surface area contributed by atoms with Crippen molar-refractivity contribution in [3.63, 3.8) is 0 Å². The Kier molecular flexibility index (Phi) is 7.12. The van der Waals surface area contributed by atoms with Crippen molar-refractivity contribution in [3.05, 3.63) is 58.6 Å². The second-order valence-corrected chi connectivity index (χ2v) is 10.2. The van der Waals surface area contributed by atoms with Crippen molar-refractivity contribution in [1.82, 2.24) is 19.4 Å². The van der Waals surface area contributed by atoms with E-state index in [1.807, 2.05) is 13.2 Å². The van der Waals surface area contributed by atoms with Crippen LogP contribution in [0.4, 0.5) is 0 Å². The number of fused-ring (bicyclic) bond motifs is 3. The molecule has 0 atom stereocenters. The fourth-order valence-corrected chi connectivity index (χ4v) is 5.40. The van der Waals surface area contributed by atoms with Crippen LogP contribution in [0.5, 0.6) is 5.75 Å². The van der Waals surface area contributed by atoms with Crippen molar-refractivity contribution in [2.75, 3.05) is 34.4 Å². The molecule has 7 heteroatoms. The maximum absolute atomic E-state index is 12.2. The van der Waals surface area contributed by atoms with E-state index in [1.165, 1.54) is 5.56 Å². The van der Waals surface area contributed by atoms with Crippen LogP contribution in [0.25, 0.3) is 33.1 Å². The molecule has 36 heavy (non-hydrogen) atoms. The van der Waals surface area contributed by atoms with Gasteiger partial charge >= 0.3 is 5.69 Å². The zero-order chi connectivity index (χ0) is 25.2. The average molecular weight is 489 g/mol. The number of hydrogen-bond donors (Lipinski definition) is 1. The zero-order valence-electron chi connectivity index (χ0n) is 21.7. The summed E-state index contributed by atoms with van der Waals surface area (Å²) in [5.74, 6) is 1.45. The van der Waals surface area contributed by atoms with E-state index >= 15 is 0 Å². The summed E-state index contributed by atoms with van der Waals surface area (Å²) >= 11 is 0. The summed E-state index contributed by atoms with van der Waals surface area (Å²) in [6.45, 7) is 1.71. The highest BCUT2D eigenvalue weighted by atomic mass is 16.5. The third-order valence-corrected chi connectivity index (χ3v) is 7.54. The second-order valence-electron chi connectivity index (χ2n) is 10.2. The van der Waals surface area contributed by atoms with E-state index in [0.29, 0.717) is 18.6 Å². The molecule has 4 aromatic rings. The summed E-state index contributed by atoms with van der Waals surface area (Å²) in [4.78, 5) is 22.0. The van der Waals surface area contributed by atoms with E-state index in [4.69, 9.17) is 9.47 Å². The quantitative estimate of drug-likeness (QED) is 0.350. The SMILES string of the molecule is COC1CCC(c2cc(-c3ccc4ncc5c([nH]c(=O)n5C)c4c3)ccc2OCCCN(C)C)CC1. The molecule has 1 aliphatic rings. The first-order valence-electron chi connectivity index (χ1n) is 12.9. The highest BCUT2D eigenvalue weighted by Crippen LogP contribution is 2.40. The molecule has 1 N–H and O–H groups in total. The standard InChI is InChI=1S/C29H36N4O3/c1-32(2)14-5-15-36-27-13-9-21(16-23(27)19-6-10-22(35-4)11-7-19)20-8-12-25-24(17-20)28-26(18-30-25)33(3)29(34)31-28/h8-9,12-13,16-19,22H,5-7,10-11,14-15H2,1-4H3,(H,31,34). The number of nitrogens with one attached hydrogen (secondary N) is 1. The molecular formula is C29H36N4O3. The van der Waals surface area contributed by atoms with Crippen LogP contribution in [0.3, 0.4) is 0 Å². The Morgan fingerprint density at radius 2 is 1.83 bits per heavy atom. The molecule has 0 saturated heterocycles. The van der Waals surface area contributed by atoms with Crippen LogP contribution in [0, 0.1) is 0 Å². The molecule has 1 aliphatic carbocycles. The fraction of sp³-hybridized carbons (Fsp3) is 0.448. The Balaban J connectivity index is 1.51. The lowest BCUT2D eigenvalue weighted by molar-refractivity contribution is 0.0655. The average Bonchev–Trinajstić information content (AvgIpc) is 3.20. The Morgan fingerprint density at radius 3 is 2.58 bits per heavy atom. The zero-order valence-corrected chi connectivity index (χ0v) is 21.7. The summed E-state index contributed by atoms with van der Waals surface area (Å²) in [7, 11) is 7.76. The third kappa shape index (κ3) is 4.90. The lowest BCUT2D eigenvalue weighted by atomic mass is 9.81. The highest BCUT2D eigenvalue weighted by Gasteiger charge is 2.25. The number of ether oxygens (including phenoxy) is 2. The smallest absolute Gasteiger partial charge is 0.326 e. The lowest BCUT2D eigenvalue weighted by Crippen LogP contribution is -2.20. The van der Waals surface area contributed by atoms with Gasteiger partial charge in [-0.05, 0) is 93.1 Å². The van der Waals surface area contributed by atoms with Crippen LogP contribution < -0.4 is 10.4 Å². The summed E-state index contributed by atoms with van der Waals surface area (Å²) in [5, 5.41) is 0.953. The van der Waals surface area contributed by atoms with Gasteiger partial charge in [-0.3, -0.25) is 9.55 Å². The number of nitrogens with zero attached hydrogens (tertiary/aromatic N) is 3. The van der Waals surface area contributed by atoms with Crippen LogP contribution >= 0.6 is 0 Å². The van der Waals surface area contributed by atoms with Gasteiger partial charge in [0.15, 0.2) is 0 Å². The first-order valence-corrected chi connectivity index (χ1v) is 12.9. The monoisotopic (exact) mass is 488 g/mol. The molecule has 7 nitrogen and oxygen atoms in total. The molecule has 0 bridgehead atoms. The molecule has 5 rings (SSSR count). The summed E-state index contributed by atoms with van der Waals surface area (Å²) in [5.41, 5.74) is 5.91. The normalized spacial score (nSPS) is 18.4.